The number of methoxy groups -OCH3 is 1. The van der Waals surface area contributed by atoms with Crippen LogP contribution in [0.5, 0.6) is 0 Å². The molecule has 0 saturated carbocycles. The van der Waals surface area contributed by atoms with E-state index in [-0.39, 0.29) is 18.4 Å². The van der Waals surface area contributed by atoms with Crippen molar-refractivity contribution in [3.05, 3.63) is 24.0 Å². The first kappa shape index (κ1) is 21.2. The van der Waals surface area contributed by atoms with Crippen molar-refractivity contribution in [1.82, 2.24) is 14.4 Å². The summed E-state index contributed by atoms with van der Waals surface area (Å²) in [6, 6.07) is 3.96. The summed E-state index contributed by atoms with van der Waals surface area (Å²) in [4.78, 5) is 28.9. The first-order valence-electron chi connectivity index (χ1n) is 8.87. The first-order valence-corrected chi connectivity index (χ1v) is 8.87. The number of amides is 2. The Kier molecular flexibility index (Phi) is 8.16. The summed E-state index contributed by atoms with van der Waals surface area (Å²) in [5.41, 5.74) is 0.555. The number of hydrogen-bond donors (Lipinski definition) is 0. The van der Waals surface area contributed by atoms with Crippen LogP contribution in [0.2, 0.25) is 0 Å². The molecule has 25 heavy (non-hydrogen) atoms. The molecule has 1 aromatic rings. The lowest BCUT2D eigenvalue weighted by Gasteiger charge is -2.31. The predicted molar refractivity (Wildman–Crippen MR) is 99.0 cm³/mol. The van der Waals surface area contributed by atoms with E-state index in [1.54, 1.807) is 16.9 Å². The number of carbonyl (C=O) groups excluding carboxylic acids is 2. The summed E-state index contributed by atoms with van der Waals surface area (Å²) < 4.78 is 7.14. The van der Waals surface area contributed by atoms with Gasteiger partial charge in [0.1, 0.15) is 0 Å². The van der Waals surface area contributed by atoms with E-state index in [1.165, 1.54) is 0 Å². The maximum absolute atomic E-state index is 12.9. The Hall–Kier alpha value is -1.82. The van der Waals surface area contributed by atoms with Gasteiger partial charge in [-0.3, -0.25) is 9.59 Å². The molecule has 142 valence electrons. The molecule has 0 radical (unpaired) electrons. The Morgan fingerprint density at radius 3 is 2.36 bits per heavy atom. The third-order valence-corrected chi connectivity index (χ3v) is 4.07. The summed E-state index contributed by atoms with van der Waals surface area (Å²) >= 11 is 0. The van der Waals surface area contributed by atoms with Gasteiger partial charge in [-0.2, -0.15) is 0 Å². The molecular weight excluding hydrogens is 318 g/mol. The van der Waals surface area contributed by atoms with E-state index in [1.807, 2.05) is 57.6 Å². The molecule has 6 heteroatoms. The van der Waals surface area contributed by atoms with Crippen molar-refractivity contribution in [2.75, 3.05) is 33.4 Å². The molecule has 0 aliphatic carbocycles. The average Bonchev–Trinajstić information content (AvgIpc) is 2.94. The molecule has 0 fully saturated rings. The number of nitrogens with zero attached hydrogens (tertiary/aromatic N) is 3. The lowest BCUT2D eigenvalue weighted by molar-refractivity contribution is -0.146. The van der Waals surface area contributed by atoms with Crippen molar-refractivity contribution in [1.29, 1.82) is 0 Å². The highest BCUT2D eigenvalue weighted by molar-refractivity contribution is 5.87. The van der Waals surface area contributed by atoms with Gasteiger partial charge < -0.3 is 19.1 Å². The van der Waals surface area contributed by atoms with Gasteiger partial charge in [-0.1, -0.05) is 27.7 Å². The van der Waals surface area contributed by atoms with E-state index in [0.717, 1.165) is 12.1 Å². The number of aryl methyl sites for hydroxylation is 1. The fourth-order valence-electron chi connectivity index (χ4n) is 2.61. The topological polar surface area (TPSA) is 54.8 Å². The maximum Gasteiger partial charge on any atom is 0.242 e. The van der Waals surface area contributed by atoms with Crippen LogP contribution in [0.1, 0.15) is 39.8 Å². The molecule has 0 bridgehead atoms. The van der Waals surface area contributed by atoms with Crippen molar-refractivity contribution < 1.29 is 14.3 Å². The van der Waals surface area contributed by atoms with Gasteiger partial charge in [0, 0.05) is 44.6 Å². The van der Waals surface area contributed by atoms with Gasteiger partial charge in [-0.25, -0.2) is 0 Å². The second kappa shape index (κ2) is 9.61. The Bertz CT molecular complexity index is 561. The minimum absolute atomic E-state index is 0.00765. The van der Waals surface area contributed by atoms with Gasteiger partial charge in [0.2, 0.25) is 11.8 Å². The molecule has 0 aliphatic heterocycles. The van der Waals surface area contributed by atoms with Crippen molar-refractivity contribution >= 4 is 11.8 Å². The van der Waals surface area contributed by atoms with Crippen LogP contribution in [0.15, 0.2) is 18.3 Å². The number of rotatable bonds is 9. The maximum atomic E-state index is 12.9. The monoisotopic (exact) mass is 351 g/mol. The lowest BCUT2D eigenvalue weighted by Crippen LogP contribution is -2.47. The van der Waals surface area contributed by atoms with Crippen molar-refractivity contribution in [2.45, 2.75) is 40.7 Å². The van der Waals surface area contributed by atoms with E-state index in [0.29, 0.717) is 26.2 Å². The highest BCUT2D eigenvalue weighted by Gasteiger charge is 2.29. The second-order valence-electron chi connectivity index (χ2n) is 7.40. The number of aromatic nitrogens is 1. The van der Waals surface area contributed by atoms with Crippen molar-refractivity contribution in [3.63, 3.8) is 0 Å². The van der Waals surface area contributed by atoms with E-state index in [4.69, 9.17) is 4.74 Å². The third-order valence-electron chi connectivity index (χ3n) is 4.07. The highest BCUT2D eigenvalue weighted by atomic mass is 16.5. The van der Waals surface area contributed by atoms with Gasteiger partial charge in [-0.15, -0.1) is 0 Å². The molecular formula is C19H33N3O3. The molecule has 0 aliphatic rings. The standard InChI is InChI=1S/C19H33N3O3/c1-7-10-22(18(24)19(2,3)4)15-17(23)21(12-13-25-6)14-16-9-8-11-20(16)5/h8-9,11H,7,10,12-15H2,1-6H3. The zero-order valence-electron chi connectivity index (χ0n) is 16.5. The number of ether oxygens (including phenoxy) is 1. The number of hydrogen-bond acceptors (Lipinski definition) is 3. The molecule has 0 saturated heterocycles. The number of carbonyl (C=O) groups is 2. The summed E-state index contributed by atoms with van der Waals surface area (Å²) in [6.07, 6.45) is 2.78. The van der Waals surface area contributed by atoms with Crippen LogP contribution in [-0.4, -0.2) is 59.5 Å². The lowest BCUT2D eigenvalue weighted by atomic mass is 9.94. The fraction of sp³-hybridized carbons (Fsp3) is 0.684. The molecule has 0 N–H and O–H groups in total. The van der Waals surface area contributed by atoms with Crippen LogP contribution in [0.4, 0.5) is 0 Å². The normalized spacial score (nSPS) is 11.4. The Balaban J connectivity index is 2.87. The minimum atomic E-state index is -0.495. The Morgan fingerprint density at radius 1 is 1.20 bits per heavy atom. The van der Waals surface area contributed by atoms with Gasteiger partial charge >= 0.3 is 0 Å². The average molecular weight is 351 g/mol. The van der Waals surface area contributed by atoms with Gasteiger partial charge in [-0.05, 0) is 18.6 Å². The third kappa shape index (κ3) is 6.53. The summed E-state index contributed by atoms with van der Waals surface area (Å²) in [6.45, 7) is 9.85. The summed E-state index contributed by atoms with van der Waals surface area (Å²) in [5.74, 6) is -0.0439. The Morgan fingerprint density at radius 2 is 1.88 bits per heavy atom. The molecule has 1 heterocycles. The highest BCUT2D eigenvalue weighted by Crippen LogP contribution is 2.18. The van der Waals surface area contributed by atoms with E-state index >= 15 is 0 Å². The first-order chi connectivity index (χ1) is 11.7. The molecule has 0 unspecified atom stereocenters. The summed E-state index contributed by atoms with van der Waals surface area (Å²) in [5, 5.41) is 0. The second-order valence-corrected chi connectivity index (χ2v) is 7.40. The molecule has 6 nitrogen and oxygen atoms in total. The van der Waals surface area contributed by atoms with Gasteiger partial charge in [0.15, 0.2) is 0 Å². The van der Waals surface area contributed by atoms with Crippen LogP contribution in [-0.2, 0) is 27.9 Å². The smallest absolute Gasteiger partial charge is 0.242 e. The van der Waals surface area contributed by atoms with Crippen molar-refractivity contribution in [2.24, 2.45) is 12.5 Å². The van der Waals surface area contributed by atoms with Crippen LogP contribution in [0.3, 0.4) is 0 Å². The zero-order valence-corrected chi connectivity index (χ0v) is 16.5. The van der Waals surface area contributed by atoms with E-state index < -0.39 is 5.41 Å². The van der Waals surface area contributed by atoms with E-state index in [9.17, 15) is 9.59 Å². The zero-order chi connectivity index (χ0) is 19.0. The molecule has 0 aromatic carbocycles. The Labute approximate surface area is 151 Å². The molecule has 0 atom stereocenters. The fourth-order valence-corrected chi connectivity index (χ4v) is 2.61. The van der Waals surface area contributed by atoms with Crippen LogP contribution >= 0.6 is 0 Å². The SMILES string of the molecule is CCCN(CC(=O)N(CCOC)Cc1cccn1C)C(=O)C(C)(C)C. The van der Waals surface area contributed by atoms with Crippen LogP contribution in [0, 0.1) is 5.41 Å². The predicted octanol–water partition coefficient (Wildman–Crippen LogP) is 2.28. The van der Waals surface area contributed by atoms with Gasteiger partial charge in [0.25, 0.3) is 0 Å². The van der Waals surface area contributed by atoms with E-state index in [2.05, 4.69) is 0 Å². The molecule has 2 amide bonds. The molecule has 1 aromatic heterocycles. The van der Waals surface area contributed by atoms with Crippen LogP contribution in [0.25, 0.3) is 0 Å². The quantitative estimate of drug-likeness (QED) is 0.686. The minimum Gasteiger partial charge on any atom is -0.383 e. The molecule has 1 rings (SSSR count). The van der Waals surface area contributed by atoms with Crippen molar-refractivity contribution in [3.8, 4) is 0 Å². The summed E-state index contributed by atoms with van der Waals surface area (Å²) in [7, 11) is 3.58. The molecule has 0 spiro atoms. The van der Waals surface area contributed by atoms with Crippen LogP contribution < -0.4 is 0 Å². The largest absolute Gasteiger partial charge is 0.383 e. The van der Waals surface area contributed by atoms with Gasteiger partial charge in [0.05, 0.1) is 19.7 Å².